The normalized spacial score (nSPS) is 12.4. The molecule has 0 amide bonds. The first-order valence-electron chi connectivity index (χ1n) is 28.3. The van der Waals surface area contributed by atoms with Crippen LogP contribution >= 0.6 is 248 Å². The van der Waals surface area contributed by atoms with Gasteiger partial charge in [-0.05, 0) is 427 Å². The Morgan fingerprint density at radius 3 is 0.820 bits per heavy atom. The molecule has 7 rings (SSSR count). The van der Waals surface area contributed by atoms with Crippen LogP contribution in [0.1, 0.15) is 113 Å². The van der Waals surface area contributed by atoms with Gasteiger partial charge >= 0.3 is 0 Å². The number of benzene rings is 7. The van der Waals surface area contributed by atoms with E-state index in [1.807, 2.05) is 18.2 Å². The monoisotopic (exact) mass is 2450 g/mol. The minimum Gasteiger partial charge on any atom is -0.508 e. The minimum absolute atomic E-state index is 0. The molecule has 488 valence electrons. The van der Waals surface area contributed by atoms with E-state index >= 15 is 0 Å². The quantitative estimate of drug-likeness (QED) is 0.0306. The summed E-state index contributed by atoms with van der Waals surface area (Å²) in [7, 11) is 0. The molecule has 0 aliphatic rings. The number of ether oxygens (including phenoxy) is 3. The van der Waals surface area contributed by atoms with Crippen LogP contribution in [0.5, 0.6) is 57.5 Å². The van der Waals surface area contributed by atoms with Gasteiger partial charge in [0.25, 0.3) is 0 Å². The van der Waals surface area contributed by atoms with Gasteiger partial charge in [-0.2, -0.15) is 0 Å². The Hall–Kier alpha value is 1.01. The third-order valence-electron chi connectivity index (χ3n) is 12.3. The molecule has 4 atom stereocenters. The summed E-state index contributed by atoms with van der Waals surface area (Å²) >= 11 is 24.6. The predicted molar refractivity (Wildman–Crippen MR) is 464 cm³/mol. The third kappa shape index (κ3) is 30.8. The molecule has 0 spiro atoms. The molecule has 0 bridgehead atoms. The number of hydrogen-bond acceptors (Lipinski definition) is 11. The largest absolute Gasteiger partial charge is 0.508 e. The van der Waals surface area contributed by atoms with Crippen LogP contribution in [-0.2, 0) is 25.7 Å². The van der Waals surface area contributed by atoms with Gasteiger partial charge in [0.05, 0.1) is 39.3 Å². The molecule has 11 nitrogen and oxygen atoms in total. The third-order valence-corrected chi connectivity index (χ3v) is 21.3. The van der Waals surface area contributed by atoms with E-state index in [9.17, 15) is 20.4 Å². The highest BCUT2D eigenvalue weighted by Gasteiger charge is 2.18. The van der Waals surface area contributed by atoms with Crippen molar-refractivity contribution < 1.29 is 34.6 Å². The van der Waals surface area contributed by atoms with Crippen molar-refractivity contribution in [2.45, 2.75) is 165 Å². The molecule has 0 radical (unpaired) electrons. The smallest absolute Gasteiger partial charge is 0.154 e. The lowest BCUT2D eigenvalue weighted by atomic mass is 10.1. The molecule has 7 aromatic carbocycles. The van der Waals surface area contributed by atoms with Crippen LogP contribution in [0, 0.1) is 39.3 Å². The van der Waals surface area contributed by atoms with Gasteiger partial charge in [-0.25, -0.2) is 0 Å². The molecular weight excluding hydrogens is 2370 g/mol. The van der Waals surface area contributed by atoms with Gasteiger partial charge in [-0.1, -0.05) is 62.8 Å². The van der Waals surface area contributed by atoms with Crippen LogP contribution < -0.4 is 35.5 Å². The lowest BCUT2D eigenvalue weighted by molar-refractivity contribution is 0.454. The zero-order chi connectivity index (χ0) is 65.9. The minimum atomic E-state index is 0. The van der Waals surface area contributed by atoms with Crippen molar-refractivity contribution in [1.82, 2.24) is 21.3 Å². The van der Waals surface area contributed by atoms with Crippen LogP contribution in [0.2, 0.25) is 0 Å². The summed E-state index contributed by atoms with van der Waals surface area (Å²) in [5, 5.41) is 52.7. The fourth-order valence-electron chi connectivity index (χ4n) is 9.17. The first-order chi connectivity index (χ1) is 41.2. The average molecular weight is 2450 g/mol. The Morgan fingerprint density at radius 2 is 0.539 bits per heavy atom. The van der Waals surface area contributed by atoms with Crippen LogP contribution in [0.15, 0.2) is 103 Å². The zero-order valence-corrected chi connectivity index (χ0v) is 74.7. The molecule has 22 heteroatoms. The van der Waals surface area contributed by atoms with E-state index in [0.29, 0.717) is 59.8 Å². The maximum absolute atomic E-state index is 9.91. The van der Waals surface area contributed by atoms with E-state index < -0.39 is 0 Å². The van der Waals surface area contributed by atoms with Gasteiger partial charge in [0.15, 0.2) is 17.2 Å². The van der Waals surface area contributed by atoms with E-state index in [-0.39, 0.29) is 18.9 Å². The molecule has 0 aliphatic carbocycles. The lowest BCUT2D eigenvalue weighted by Crippen LogP contribution is -2.33. The number of rotatable bonds is 22. The number of nitrogens with one attached hydrogen (secondary N) is 4. The summed E-state index contributed by atoms with van der Waals surface area (Å²) in [5.41, 5.74) is 5.18. The molecule has 0 aliphatic heterocycles. The summed E-state index contributed by atoms with van der Waals surface area (Å²) in [4.78, 5) is 0. The van der Waals surface area contributed by atoms with Crippen LogP contribution in [0.3, 0.4) is 0 Å². The summed E-state index contributed by atoms with van der Waals surface area (Å²) in [6.45, 7) is 26.1. The molecule has 7 aromatic rings. The molecule has 89 heavy (non-hydrogen) atoms. The molecular formula is C67H81I11N4O7. The first kappa shape index (κ1) is 84.2. The Bertz CT molecular complexity index is 3260. The van der Waals surface area contributed by atoms with Crippen molar-refractivity contribution in [1.29, 1.82) is 0 Å². The van der Waals surface area contributed by atoms with E-state index in [1.54, 1.807) is 36.4 Å². The number of phenolic OH excluding ortho intramolecular Hbond substituents is 4. The van der Waals surface area contributed by atoms with Crippen LogP contribution in [0.25, 0.3) is 0 Å². The second-order valence-electron chi connectivity index (χ2n) is 22.4. The number of aromatic hydroxyl groups is 4. The summed E-state index contributed by atoms with van der Waals surface area (Å²) in [6, 6.07) is 36.7. The maximum atomic E-state index is 9.91. The molecule has 0 aromatic heterocycles. The molecule has 0 saturated carbocycles. The van der Waals surface area contributed by atoms with E-state index in [0.717, 1.165) is 99.5 Å². The zero-order valence-electron chi connectivity index (χ0n) is 50.9. The fraction of sp³-hybridized carbons (Fsp3) is 0.373. The van der Waals surface area contributed by atoms with Crippen molar-refractivity contribution >= 4 is 248 Å². The maximum Gasteiger partial charge on any atom is 0.154 e. The van der Waals surface area contributed by atoms with Crippen molar-refractivity contribution in [3.8, 4) is 57.5 Å². The molecule has 0 saturated heterocycles. The molecule has 0 heterocycles. The van der Waals surface area contributed by atoms with Crippen molar-refractivity contribution in [3.05, 3.63) is 165 Å². The van der Waals surface area contributed by atoms with Crippen molar-refractivity contribution in [2.24, 2.45) is 0 Å². The predicted octanol–water partition coefficient (Wildman–Crippen LogP) is 21.9. The Labute approximate surface area is 680 Å². The topological polar surface area (TPSA) is 157 Å². The van der Waals surface area contributed by atoms with E-state index in [4.69, 9.17) is 14.2 Å². The van der Waals surface area contributed by atoms with Gasteiger partial charge in [-0.15, -0.1) is 0 Å². The summed E-state index contributed by atoms with van der Waals surface area (Å²) in [6.07, 6.45) is 3.95. The average Bonchev–Trinajstić information content (AvgIpc) is 3.61. The number of phenols is 4. The van der Waals surface area contributed by atoms with Gasteiger partial charge in [0, 0.05) is 48.3 Å². The van der Waals surface area contributed by atoms with Gasteiger partial charge < -0.3 is 55.9 Å². The summed E-state index contributed by atoms with van der Waals surface area (Å²) in [5.74, 6) is 6.01. The van der Waals surface area contributed by atoms with Gasteiger partial charge in [0.1, 0.15) is 40.2 Å². The molecule has 4 unspecified atom stereocenters. The van der Waals surface area contributed by atoms with Crippen molar-refractivity contribution in [3.63, 3.8) is 0 Å². The molecule has 0 fully saturated rings. The molecule has 8 N–H and O–H groups in total. The second kappa shape index (κ2) is 42.1. The fourth-order valence-corrected chi connectivity index (χ4v) is 19.6. The first-order valence-corrected chi connectivity index (χ1v) is 40.2. The SMILES string of the molecule is C.CC(C)NC(C)Cc1cc(I)c(O)c(I)c1.CC(C)NC(C)Cc1cc(I)c(Oc2cc(I)c(O)c(I)c2)c(I)c1.CC(C)NC(C)Cc1cc(I)c(Oc2ccc(O)c(I)c2)c(I)c1.CC(C)NC(C)Cc1cc(I)c(Oc2ccc(O)cc2)c(I)c1. The number of hydrogen-bond donors (Lipinski definition) is 8. The highest BCUT2D eigenvalue weighted by atomic mass is 127. The Balaban J connectivity index is 0.000000313. The van der Waals surface area contributed by atoms with E-state index in [1.165, 1.54) is 22.3 Å². The Morgan fingerprint density at radius 1 is 0.303 bits per heavy atom. The highest BCUT2D eigenvalue weighted by molar-refractivity contribution is 14.1. The van der Waals surface area contributed by atoms with Gasteiger partial charge in [0.2, 0.25) is 0 Å². The highest BCUT2D eigenvalue weighted by Crippen LogP contribution is 2.39. The second-order valence-corrected chi connectivity index (χ2v) is 35.2. The Kier molecular flexibility index (Phi) is 39.8. The lowest BCUT2D eigenvalue weighted by Gasteiger charge is -2.18. The summed E-state index contributed by atoms with van der Waals surface area (Å²) < 4.78 is 28.9. The standard InChI is InChI=1S/C18H19I4NO2.C18H20I3NO2.C18H21I2NO2.C12H17I2NO.CH4/c1-9(2)23-10(3)4-11-5-15(21)18(16(22)6-11)25-12-7-13(19)17(24)14(20)8-12;1-10(2)22-11(3)6-12-7-15(20)18(16(21)8-12)24-13-4-5-17(23)14(19)9-13;1-11(2)21-12(3)8-13-9-16(19)18(17(20)10-13)23-15-6-4-14(22)5-7-15;1-7(2)15-8(3)4-9-5-10(13)12(16)11(14)6-9;/h5-10,23-24H,4H2,1-3H3;4-5,7-11,22-23H,6H2,1-3H3;4-7,9-12,21-22H,8H2,1-3H3;5-8,15-16H,4H2,1-3H3;1H4. The van der Waals surface area contributed by atoms with E-state index in [2.05, 4.69) is 401 Å². The van der Waals surface area contributed by atoms with Crippen LogP contribution in [-0.4, -0.2) is 68.8 Å². The van der Waals surface area contributed by atoms with Gasteiger partial charge in [-0.3, -0.25) is 0 Å². The van der Waals surface area contributed by atoms with Crippen molar-refractivity contribution in [2.75, 3.05) is 0 Å². The van der Waals surface area contributed by atoms with Crippen LogP contribution in [0.4, 0.5) is 0 Å². The number of halogens is 11.